The van der Waals surface area contributed by atoms with Gasteiger partial charge in [0.1, 0.15) is 11.7 Å². The summed E-state index contributed by atoms with van der Waals surface area (Å²) >= 11 is 0. The summed E-state index contributed by atoms with van der Waals surface area (Å²) < 4.78 is 42.7. The molecule has 0 bridgehead atoms. The van der Waals surface area contributed by atoms with Gasteiger partial charge in [-0.2, -0.15) is 13.2 Å². The Balaban J connectivity index is 2.36. The maximum atomic E-state index is 12.6. The van der Waals surface area contributed by atoms with Crippen LogP contribution in [0.5, 0.6) is 0 Å². The van der Waals surface area contributed by atoms with Crippen molar-refractivity contribution >= 4 is 11.8 Å². The number of alkyl halides is 3. The van der Waals surface area contributed by atoms with Crippen LogP contribution < -0.4 is 0 Å². The number of allylic oxidation sites excluding steroid dienone is 1. The zero-order valence-corrected chi connectivity index (χ0v) is 12.3. The van der Waals surface area contributed by atoms with Gasteiger partial charge in [0.15, 0.2) is 5.78 Å². The van der Waals surface area contributed by atoms with E-state index in [0.717, 1.165) is 18.2 Å². The topological polar surface area (TPSA) is 63.6 Å². The van der Waals surface area contributed by atoms with Gasteiger partial charge in [0.05, 0.1) is 12.2 Å². The molecule has 0 amide bonds. The van der Waals surface area contributed by atoms with Crippen molar-refractivity contribution in [1.82, 2.24) is 0 Å². The van der Waals surface area contributed by atoms with E-state index in [4.69, 9.17) is 4.74 Å². The number of halogens is 3. The number of aliphatic hydroxyl groups excluding tert-OH is 1. The van der Waals surface area contributed by atoms with Crippen molar-refractivity contribution in [1.29, 1.82) is 0 Å². The minimum absolute atomic E-state index is 0.0844. The lowest BCUT2D eigenvalue weighted by Gasteiger charge is -2.28. The average Bonchev–Trinajstić information content (AvgIpc) is 2.45. The maximum Gasteiger partial charge on any atom is 0.416 e. The fraction of sp³-hybridized carbons (Fsp3) is 0.375. The molecule has 2 rings (SSSR count). The van der Waals surface area contributed by atoms with Crippen molar-refractivity contribution in [3.8, 4) is 0 Å². The van der Waals surface area contributed by atoms with Crippen molar-refractivity contribution in [3.05, 3.63) is 47.2 Å². The van der Waals surface area contributed by atoms with Crippen LogP contribution in [0.4, 0.5) is 13.2 Å². The highest BCUT2D eigenvalue weighted by molar-refractivity contribution is 5.94. The Morgan fingerprint density at radius 2 is 1.91 bits per heavy atom. The first-order valence-corrected chi connectivity index (χ1v) is 7.01. The molecule has 0 radical (unpaired) electrons. The quantitative estimate of drug-likeness (QED) is 0.864. The maximum absolute atomic E-state index is 12.6. The number of ether oxygens (including phenoxy) is 1. The standard InChI is InChI=1S/C16H15F3O4/c1-2-23-15(22)14-12(7-11(20)8-13(14)21)9-3-5-10(6-4-9)16(17,18)19/h3-6,8,12,14,21H,2,7H2,1H3. The Morgan fingerprint density at radius 1 is 1.30 bits per heavy atom. The fourth-order valence-electron chi connectivity index (χ4n) is 2.60. The Kier molecular flexibility index (Phi) is 4.77. The van der Waals surface area contributed by atoms with Gasteiger partial charge in [-0.1, -0.05) is 12.1 Å². The second-order valence-electron chi connectivity index (χ2n) is 5.20. The number of aliphatic hydroxyl groups is 1. The Morgan fingerprint density at radius 3 is 2.43 bits per heavy atom. The molecule has 0 saturated heterocycles. The highest BCUT2D eigenvalue weighted by Gasteiger charge is 2.39. The number of benzene rings is 1. The molecule has 2 unspecified atom stereocenters. The molecule has 1 aromatic rings. The van der Waals surface area contributed by atoms with Gasteiger partial charge in [-0.25, -0.2) is 0 Å². The van der Waals surface area contributed by atoms with Gasteiger partial charge in [-0.05, 0) is 24.6 Å². The SMILES string of the molecule is CCOC(=O)C1C(O)=CC(=O)CC1c1ccc(C(F)(F)F)cc1. The van der Waals surface area contributed by atoms with Gasteiger partial charge < -0.3 is 9.84 Å². The van der Waals surface area contributed by atoms with E-state index in [-0.39, 0.29) is 13.0 Å². The summed E-state index contributed by atoms with van der Waals surface area (Å²) in [4.78, 5) is 23.7. The van der Waals surface area contributed by atoms with E-state index in [1.165, 1.54) is 12.1 Å². The zero-order valence-electron chi connectivity index (χ0n) is 12.3. The number of hydrogen-bond acceptors (Lipinski definition) is 4. The van der Waals surface area contributed by atoms with Crippen LogP contribution in [0, 0.1) is 5.92 Å². The van der Waals surface area contributed by atoms with Gasteiger partial charge in [-0.3, -0.25) is 9.59 Å². The molecular formula is C16H15F3O4. The summed E-state index contributed by atoms with van der Waals surface area (Å²) in [6, 6.07) is 4.20. The lowest BCUT2D eigenvalue weighted by Crippen LogP contribution is -2.31. The van der Waals surface area contributed by atoms with Crippen molar-refractivity contribution in [2.24, 2.45) is 5.92 Å². The van der Waals surface area contributed by atoms with Gasteiger partial charge in [0, 0.05) is 18.4 Å². The Bertz CT molecular complexity index is 632. The second-order valence-corrected chi connectivity index (χ2v) is 5.20. The van der Waals surface area contributed by atoms with E-state index in [0.29, 0.717) is 5.56 Å². The van der Waals surface area contributed by atoms with Gasteiger partial charge in [0.25, 0.3) is 0 Å². The van der Waals surface area contributed by atoms with Crippen LogP contribution in [0.15, 0.2) is 36.1 Å². The molecule has 0 spiro atoms. The summed E-state index contributed by atoms with van der Waals surface area (Å²) in [6.07, 6.45) is -3.59. The molecule has 1 aliphatic rings. The molecule has 2 atom stereocenters. The number of carbonyl (C=O) groups excluding carboxylic acids is 2. The van der Waals surface area contributed by atoms with E-state index in [9.17, 15) is 27.9 Å². The van der Waals surface area contributed by atoms with Crippen LogP contribution in [0.2, 0.25) is 0 Å². The highest BCUT2D eigenvalue weighted by atomic mass is 19.4. The largest absolute Gasteiger partial charge is 0.511 e. The van der Waals surface area contributed by atoms with Crippen molar-refractivity contribution in [2.75, 3.05) is 6.61 Å². The van der Waals surface area contributed by atoms with Gasteiger partial charge in [-0.15, -0.1) is 0 Å². The molecule has 0 fully saturated rings. The van der Waals surface area contributed by atoms with Crippen molar-refractivity contribution in [3.63, 3.8) is 0 Å². The zero-order chi connectivity index (χ0) is 17.2. The summed E-state index contributed by atoms with van der Waals surface area (Å²) in [5.41, 5.74) is -0.458. The molecule has 0 saturated carbocycles. The lowest BCUT2D eigenvalue weighted by atomic mass is 9.77. The van der Waals surface area contributed by atoms with Crippen LogP contribution in [-0.2, 0) is 20.5 Å². The predicted octanol–water partition coefficient (Wildman–Crippen LogP) is 3.38. The van der Waals surface area contributed by atoms with Crippen molar-refractivity contribution < 1.29 is 32.6 Å². The third-order valence-corrected chi connectivity index (χ3v) is 3.66. The molecule has 0 aromatic heterocycles. The number of esters is 1. The van der Waals surface area contributed by atoms with E-state index in [2.05, 4.69) is 0 Å². The summed E-state index contributed by atoms with van der Waals surface area (Å²) in [5.74, 6) is -3.38. The normalized spacial score (nSPS) is 21.7. The van der Waals surface area contributed by atoms with E-state index < -0.39 is 41.1 Å². The molecule has 0 aliphatic heterocycles. The van der Waals surface area contributed by atoms with Crippen LogP contribution in [0.3, 0.4) is 0 Å². The molecule has 23 heavy (non-hydrogen) atoms. The van der Waals surface area contributed by atoms with E-state index in [1.807, 2.05) is 0 Å². The van der Waals surface area contributed by atoms with Crippen LogP contribution in [-0.4, -0.2) is 23.5 Å². The summed E-state index contributed by atoms with van der Waals surface area (Å²) in [5, 5.41) is 9.91. The van der Waals surface area contributed by atoms with Gasteiger partial charge >= 0.3 is 12.1 Å². The van der Waals surface area contributed by atoms with Crippen molar-refractivity contribution in [2.45, 2.75) is 25.4 Å². The third-order valence-electron chi connectivity index (χ3n) is 3.66. The Hall–Kier alpha value is -2.31. The smallest absolute Gasteiger partial charge is 0.416 e. The number of rotatable bonds is 3. The van der Waals surface area contributed by atoms with Crippen LogP contribution >= 0.6 is 0 Å². The van der Waals surface area contributed by atoms with Gasteiger partial charge in [0.2, 0.25) is 0 Å². The molecule has 7 heteroatoms. The first kappa shape index (κ1) is 17.1. The average molecular weight is 328 g/mol. The summed E-state index contributed by atoms with van der Waals surface area (Å²) in [6.45, 7) is 1.69. The molecule has 1 aromatic carbocycles. The number of ketones is 1. The molecule has 1 N–H and O–H groups in total. The molecule has 4 nitrogen and oxygen atoms in total. The monoisotopic (exact) mass is 328 g/mol. The fourth-order valence-corrected chi connectivity index (χ4v) is 2.60. The van der Waals surface area contributed by atoms with E-state index in [1.54, 1.807) is 6.92 Å². The van der Waals surface area contributed by atoms with E-state index >= 15 is 0 Å². The summed E-state index contributed by atoms with van der Waals surface area (Å²) in [7, 11) is 0. The Labute approximate surface area is 130 Å². The van der Waals surface area contributed by atoms with Crippen LogP contribution in [0.25, 0.3) is 0 Å². The molecule has 0 heterocycles. The molecule has 124 valence electrons. The third kappa shape index (κ3) is 3.72. The minimum Gasteiger partial charge on any atom is -0.511 e. The minimum atomic E-state index is -4.47. The number of carbonyl (C=O) groups is 2. The first-order valence-electron chi connectivity index (χ1n) is 7.01. The molecule has 1 aliphatic carbocycles. The molecular weight excluding hydrogens is 313 g/mol. The second kappa shape index (κ2) is 6.44. The number of hydrogen-bond donors (Lipinski definition) is 1. The lowest BCUT2D eigenvalue weighted by molar-refractivity contribution is -0.149. The predicted molar refractivity (Wildman–Crippen MR) is 74.6 cm³/mol. The first-order chi connectivity index (χ1) is 10.7. The highest BCUT2D eigenvalue weighted by Crippen LogP contribution is 2.38. The van der Waals surface area contributed by atoms with Crippen LogP contribution in [0.1, 0.15) is 30.4 Å².